The number of aryl methyl sites for hydroxylation is 2. The minimum Gasteiger partial charge on any atom is -0.355 e. The molecule has 0 fully saturated rings. The smallest absolute Gasteiger partial charge is 0.277 e. The Morgan fingerprint density at radius 1 is 1.04 bits per heavy atom. The first-order valence-electron chi connectivity index (χ1n) is 7.14. The minimum atomic E-state index is -0.407. The zero-order chi connectivity index (χ0) is 16.4. The number of rotatable bonds is 3. The van der Waals surface area contributed by atoms with Gasteiger partial charge in [-0.2, -0.15) is 0 Å². The largest absolute Gasteiger partial charge is 0.355 e. The number of hydrogen-bond acceptors (Lipinski definition) is 3. The first-order chi connectivity index (χ1) is 11.0. The number of nitrogens with zero attached hydrogens (tertiary/aromatic N) is 1. The Kier molecular flexibility index (Phi) is 3.93. The van der Waals surface area contributed by atoms with Gasteiger partial charge in [-0.25, -0.2) is 4.39 Å². The predicted octanol–water partition coefficient (Wildman–Crippen LogP) is 4.35. The van der Waals surface area contributed by atoms with Gasteiger partial charge in [0.05, 0.1) is 0 Å². The van der Waals surface area contributed by atoms with E-state index < -0.39 is 5.91 Å². The van der Waals surface area contributed by atoms with Gasteiger partial charge in [0.1, 0.15) is 5.82 Å². The number of carbonyl (C=O) groups is 1. The number of anilines is 1. The summed E-state index contributed by atoms with van der Waals surface area (Å²) in [5.41, 5.74) is 3.84. The summed E-state index contributed by atoms with van der Waals surface area (Å²) in [6.45, 7) is 4.04. The molecule has 116 valence electrons. The highest BCUT2D eigenvalue weighted by Gasteiger charge is 2.14. The van der Waals surface area contributed by atoms with E-state index >= 15 is 0 Å². The third-order valence-corrected chi connectivity index (χ3v) is 3.64. The molecule has 4 nitrogen and oxygen atoms in total. The van der Waals surface area contributed by atoms with Crippen molar-refractivity contribution in [3.8, 4) is 11.3 Å². The molecule has 0 radical (unpaired) electrons. The zero-order valence-electron chi connectivity index (χ0n) is 12.8. The Morgan fingerprint density at radius 3 is 2.48 bits per heavy atom. The lowest BCUT2D eigenvalue weighted by atomic mass is 10.0. The van der Waals surface area contributed by atoms with Gasteiger partial charge in [0.15, 0.2) is 11.5 Å². The van der Waals surface area contributed by atoms with Crippen LogP contribution in [-0.2, 0) is 0 Å². The molecule has 0 aliphatic heterocycles. The Bertz CT molecular complexity index is 854. The molecule has 0 unspecified atom stereocenters. The van der Waals surface area contributed by atoms with Gasteiger partial charge >= 0.3 is 0 Å². The van der Waals surface area contributed by atoms with Crippen LogP contribution in [0.3, 0.4) is 0 Å². The van der Waals surface area contributed by atoms with Crippen LogP contribution in [0.4, 0.5) is 10.1 Å². The maximum atomic E-state index is 12.9. The van der Waals surface area contributed by atoms with Crippen LogP contribution in [0.5, 0.6) is 0 Å². The van der Waals surface area contributed by atoms with E-state index in [4.69, 9.17) is 4.52 Å². The van der Waals surface area contributed by atoms with Crippen molar-refractivity contribution in [2.75, 3.05) is 5.32 Å². The maximum absolute atomic E-state index is 12.9. The van der Waals surface area contributed by atoms with Gasteiger partial charge in [-0.05, 0) is 55.3 Å². The number of hydrogen-bond donors (Lipinski definition) is 1. The van der Waals surface area contributed by atoms with Crippen LogP contribution in [0.2, 0.25) is 0 Å². The van der Waals surface area contributed by atoms with E-state index in [0.29, 0.717) is 11.4 Å². The average molecular weight is 310 g/mol. The maximum Gasteiger partial charge on any atom is 0.277 e. The SMILES string of the molecule is Cc1ccc(-c2cc(C(=O)Nc3ccc(F)cc3)no2)cc1C. The van der Waals surface area contributed by atoms with Gasteiger partial charge < -0.3 is 9.84 Å². The van der Waals surface area contributed by atoms with Gasteiger partial charge in [-0.1, -0.05) is 17.3 Å². The van der Waals surface area contributed by atoms with E-state index in [2.05, 4.69) is 10.5 Å². The number of benzene rings is 2. The fourth-order valence-electron chi connectivity index (χ4n) is 2.14. The number of carbonyl (C=O) groups excluding carboxylic acids is 1. The second-order valence-corrected chi connectivity index (χ2v) is 5.34. The Morgan fingerprint density at radius 2 is 1.78 bits per heavy atom. The molecule has 1 N–H and O–H groups in total. The lowest BCUT2D eigenvalue weighted by Gasteiger charge is -2.02. The van der Waals surface area contributed by atoms with Gasteiger partial charge in [-0.3, -0.25) is 4.79 Å². The summed E-state index contributed by atoms with van der Waals surface area (Å²) < 4.78 is 18.1. The summed E-state index contributed by atoms with van der Waals surface area (Å²) in [4.78, 5) is 12.1. The molecule has 0 atom stereocenters. The van der Waals surface area contributed by atoms with Crippen molar-refractivity contribution in [1.82, 2.24) is 5.16 Å². The van der Waals surface area contributed by atoms with Crippen LogP contribution >= 0.6 is 0 Å². The van der Waals surface area contributed by atoms with Crippen molar-refractivity contribution in [2.45, 2.75) is 13.8 Å². The van der Waals surface area contributed by atoms with Crippen LogP contribution in [0.25, 0.3) is 11.3 Å². The van der Waals surface area contributed by atoms with E-state index in [1.165, 1.54) is 29.8 Å². The Labute approximate surface area is 132 Å². The second kappa shape index (κ2) is 6.04. The quantitative estimate of drug-likeness (QED) is 0.782. The van der Waals surface area contributed by atoms with E-state index in [9.17, 15) is 9.18 Å². The summed E-state index contributed by atoms with van der Waals surface area (Å²) >= 11 is 0. The van der Waals surface area contributed by atoms with Crippen LogP contribution in [0, 0.1) is 19.7 Å². The molecule has 0 bridgehead atoms. The topological polar surface area (TPSA) is 55.1 Å². The third-order valence-electron chi connectivity index (χ3n) is 3.64. The van der Waals surface area contributed by atoms with Crippen molar-refractivity contribution in [3.05, 3.63) is 71.2 Å². The fraction of sp³-hybridized carbons (Fsp3) is 0.111. The lowest BCUT2D eigenvalue weighted by molar-refractivity contribution is 0.101. The molecule has 23 heavy (non-hydrogen) atoms. The van der Waals surface area contributed by atoms with Gasteiger partial charge in [0.2, 0.25) is 0 Å². The second-order valence-electron chi connectivity index (χ2n) is 5.34. The van der Waals surface area contributed by atoms with Gasteiger partial charge in [0, 0.05) is 17.3 Å². The summed E-state index contributed by atoms with van der Waals surface area (Å²) in [5.74, 6) is -0.241. The molecule has 0 saturated heterocycles. The molecular weight excluding hydrogens is 295 g/mol. The Hall–Kier alpha value is -2.95. The molecule has 2 aromatic carbocycles. The number of amides is 1. The van der Waals surface area contributed by atoms with E-state index in [1.807, 2.05) is 32.0 Å². The fourth-order valence-corrected chi connectivity index (χ4v) is 2.14. The first kappa shape index (κ1) is 15.0. The summed E-state index contributed by atoms with van der Waals surface area (Å²) in [6.07, 6.45) is 0. The van der Waals surface area contributed by atoms with E-state index in [-0.39, 0.29) is 11.5 Å². The molecule has 0 aliphatic rings. The molecule has 0 spiro atoms. The summed E-state index contributed by atoms with van der Waals surface area (Å²) in [5, 5.41) is 6.44. The first-order valence-corrected chi connectivity index (χ1v) is 7.14. The van der Waals surface area contributed by atoms with Crippen molar-refractivity contribution < 1.29 is 13.7 Å². The molecule has 1 heterocycles. The number of nitrogens with one attached hydrogen (secondary N) is 1. The summed E-state index contributed by atoms with van der Waals surface area (Å²) in [7, 11) is 0. The van der Waals surface area contributed by atoms with E-state index in [0.717, 1.165) is 11.1 Å². The molecule has 0 aliphatic carbocycles. The highest BCUT2D eigenvalue weighted by molar-refractivity contribution is 6.03. The van der Waals surface area contributed by atoms with Crippen molar-refractivity contribution in [2.24, 2.45) is 0 Å². The predicted molar refractivity (Wildman–Crippen MR) is 85.8 cm³/mol. The Balaban J connectivity index is 1.79. The van der Waals surface area contributed by atoms with Crippen molar-refractivity contribution in [3.63, 3.8) is 0 Å². The molecule has 3 aromatic rings. The van der Waals surface area contributed by atoms with Crippen LogP contribution in [0.1, 0.15) is 21.6 Å². The van der Waals surface area contributed by atoms with Gasteiger partial charge in [0.25, 0.3) is 5.91 Å². The standard InChI is InChI=1S/C18H15FN2O2/c1-11-3-4-13(9-12(11)2)17-10-16(21-23-17)18(22)20-15-7-5-14(19)6-8-15/h3-10H,1-2H3,(H,20,22). The van der Waals surface area contributed by atoms with Crippen molar-refractivity contribution in [1.29, 1.82) is 0 Å². The van der Waals surface area contributed by atoms with Crippen LogP contribution in [-0.4, -0.2) is 11.1 Å². The molecular formula is C18H15FN2O2. The van der Waals surface area contributed by atoms with Crippen molar-refractivity contribution >= 4 is 11.6 Å². The third kappa shape index (κ3) is 3.29. The van der Waals surface area contributed by atoms with E-state index in [1.54, 1.807) is 6.07 Å². The number of aromatic nitrogens is 1. The number of halogens is 1. The van der Waals surface area contributed by atoms with Crippen LogP contribution in [0.15, 0.2) is 53.1 Å². The average Bonchev–Trinajstić information content (AvgIpc) is 3.02. The van der Waals surface area contributed by atoms with Gasteiger partial charge in [-0.15, -0.1) is 0 Å². The molecule has 1 amide bonds. The molecule has 3 rings (SSSR count). The molecule has 5 heteroatoms. The summed E-state index contributed by atoms with van der Waals surface area (Å²) in [6, 6.07) is 13.0. The monoisotopic (exact) mass is 310 g/mol. The minimum absolute atomic E-state index is 0.169. The zero-order valence-corrected chi connectivity index (χ0v) is 12.8. The van der Waals surface area contributed by atoms with Crippen LogP contribution < -0.4 is 5.32 Å². The lowest BCUT2D eigenvalue weighted by Crippen LogP contribution is -2.12. The normalized spacial score (nSPS) is 10.6. The molecule has 0 saturated carbocycles. The molecule has 1 aromatic heterocycles. The highest BCUT2D eigenvalue weighted by Crippen LogP contribution is 2.23. The highest BCUT2D eigenvalue weighted by atomic mass is 19.1.